The quantitative estimate of drug-likeness (QED) is 0.685. The van der Waals surface area contributed by atoms with Crippen LogP contribution in [0.2, 0.25) is 10.0 Å². The van der Waals surface area contributed by atoms with Crippen LogP contribution in [0.15, 0.2) is 48.5 Å². The van der Waals surface area contributed by atoms with E-state index in [0.717, 1.165) is 38.2 Å². The molecule has 0 aliphatic carbocycles. The van der Waals surface area contributed by atoms with Crippen LogP contribution in [0, 0.1) is 0 Å². The van der Waals surface area contributed by atoms with Crippen LogP contribution < -0.4 is 10.1 Å². The summed E-state index contributed by atoms with van der Waals surface area (Å²) in [6.45, 7) is 2.82. The van der Waals surface area contributed by atoms with Crippen molar-refractivity contribution >= 4 is 35.2 Å². The van der Waals surface area contributed by atoms with Gasteiger partial charge < -0.3 is 10.1 Å². The third-order valence-corrected chi connectivity index (χ3v) is 5.56. The molecule has 1 aliphatic heterocycles. The number of ether oxygens (including phenoxy) is 1. The first-order chi connectivity index (χ1) is 13.5. The van der Waals surface area contributed by atoms with Crippen LogP contribution in [0.5, 0.6) is 5.75 Å². The van der Waals surface area contributed by atoms with E-state index in [1.54, 1.807) is 31.4 Å². The Labute approximate surface area is 176 Å². The first-order valence-electron chi connectivity index (χ1n) is 9.33. The Bertz CT molecular complexity index is 809. The van der Waals surface area contributed by atoms with Gasteiger partial charge in [0.15, 0.2) is 0 Å². The lowest BCUT2D eigenvalue weighted by Crippen LogP contribution is -2.43. The molecule has 3 rings (SSSR count). The first-order valence-corrected chi connectivity index (χ1v) is 10.1. The van der Waals surface area contributed by atoms with Crippen molar-refractivity contribution in [1.82, 2.24) is 10.2 Å². The zero-order valence-electron chi connectivity index (χ0n) is 15.8. The number of likely N-dealkylation sites (tertiary alicyclic amines) is 1. The van der Waals surface area contributed by atoms with Gasteiger partial charge in [-0.15, -0.1) is 0 Å². The number of hydrogen-bond acceptors (Lipinski definition) is 3. The fourth-order valence-corrected chi connectivity index (χ4v) is 3.83. The molecule has 0 saturated carbocycles. The molecule has 0 atom stereocenters. The van der Waals surface area contributed by atoms with Gasteiger partial charge in [-0.05, 0) is 48.7 Å². The summed E-state index contributed by atoms with van der Waals surface area (Å²) in [7, 11) is 1.67. The minimum atomic E-state index is -0.121. The van der Waals surface area contributed by atoms with Crippen molar-refractivity contribution in [3.63, 3.8) is 0 Å². The molecule has 148 valence electrons. The molecule has 2 aromatic carbocycles. The lowest BCUT2D eigenvalue weighted by molar-refractivity contribution is -0.117. The Morgan fingerprint density at radius 3 is 2.39 bits per heavy atom. The lowest BCUT2D eigenvalue weighted by atomic mass is 10.0. The molecule has 1 saturated heterocycles. The monoisotopic (exact) mass is 418 g/mol. The topological polar surface area (TPSA) is 41.6 Å². The van der Waals surface area contributed by atoms with E-state index in [9.17, 15) is 4.79 Å². The summed E-state index contributed by atoms with van der Waals surface area (Å²) in [5, 5.41) is 4.13. The number of rotatable bonds is 6. The second-order valence-corrected chi connectivity index (χ2v) is 7.69. The largest absolute Gasteiger partial charge is 0.497 e. The lowest BCUT2D eigenvalue weighted by Gasteiger charge is -2.32. The van der Waals surface area contributed by atoms with Crippen LogP contribution in [-0.2, 0) is 11.3 Å². The van der Waals surface area contributed by atoms with Crippen LogP contribution in [0.25, 0.3) is 6.08 Å². The molecule has 28 heavy (non-hydrogen) atoms. The van der Waals surface area contributed by atoms with E-state index >= 15 is 0 Å². The molecule has 1 aliphatic rings. The molecule has 0 bridgehead atoms. The summed E-state index contributed by atoms with van der Waals surface area (Å²) in [6.07, 6.45) is 5.03. The molecule has 4 nitrogen and oxygen atoms in total. The number of methoxy groups -OCH3 is 1. The van der Waals surface area contributed by atoms with Crippen LogP contribution in [0.4, 0.5) is 0 Å². The van der Waals surface area contributed by atoms with E-state index in [4.69, 9.17) is 27.9 Å². The third kappa shape index (κ3) is 5.74. The normalized spacial score (nSPS) is 15.7. The number of carbonyl (C=O) groups is 1. The predicted molar refractivity (Wildman–Crippen MR) is 115 cm³/mol. The molecule has 2 aromatic rings. The summed E-state index contributed by atoms with van der Waals surface area (Å²) < 4.78 is 5.20. The highest BCUT2D eigenvalue weighted by Gasteiger charge is 2.20. The highest BCUT2D eigenvalue weighted by atomic mass is 35.5. The smallest absolute Gasteiger partial charge is 0.244 e. The molecule has 1 fully saturated rings. The van der Waals surface area contributed by atoms with Crippen molar-refractivity contribution < 1.29 is 9.53 Å². The first kappa shape index (κ1) is 20.7. The van der Waals surface area contributed by atoms with Gasteiger partial charge in [-0.2, -0.15) is 0 Å². The molecule has 6 heteroatoms. The second kappa shape index (κ2) is 9.97. The maximum Gasteiger partial charge on any atom is 0.244 e. The Hall–Kier alpha value is -2.01. The van der Waals surface area contributed by atoms with Gasteiger partial charge in [0.05, 0.1) is 7.11 Å². The summed E-state index contributed by atoms with van der Waals surface area (Å²) >= 11 is 12.2. The Kier molecular flexibility index (Phi) is 7.37. The van der Waals surface area contributed by atoms with Gasteiger partial charge in [0.1, 0.15) is 5.75 Å². The maximum atomic E-state index is 12.2. The van der Waals surface area contributed by atoms with Gasteiger partial charge in [-0.25, -0.2) is 0 Å². The van der Waals surface area contributed by atoms with E-state index in [1.165, 1.54) is 11.6 Å². The molecule has 1 heterocycles. The zero-order valence-corrected chi connectivity index (χ0v) is 17.3. The maximum absolute atomic E-state index is 12.2. The molecule has 1 N–H and O–H groups in total. The highest BCUT2D eigenvalue weighted by molar-refractivity contribution is 6.37. The Balaban J connectivity index is 1.45. The molecule has 0 unspecified atom stereocenters. The van der Waals surface area contributed by atoms with E-state index in [0.29, 0.717) is 15.6 Å². The van der Waals surface area contributed by atoms with Crippen LogP contribution >= 0.6 is 23.2 Å². The van der Waals surface area contributed by atoms with Gasteiger partial charge in [-0.1, -0.05) is 41.4 Å². The second-order valence-electron chi connectivity index (χ2n) is 6.88. The van der Waals surface area contributed by atoms with Crippen molar-refractivity contribution in [2.75, 3.05) is 20.2 Å². The van der Waals surface area contributed by atoms with E-state index < -0.39 is 0 Å². The number of nitrogens with one attached hydrogen (secondary N) is 1. The van der Waals surface area contributed by atoms with Crippen LogP contribution in [-0.4, -0.2) is 37.0 Å². The van der Waals surface area contributed by atoms with Crippen molar-refractivity contribution in [3.8, 4) is 5.75 Å². The number of carbonyl (C=O) groups excluding carboxylic acids is 1. The summed E-state index contributed by atoms with van der Waals surface area (Å²) in [4.78, 5) is 14.6. The van der Waals surface area contributed by atoms with Gasteiger partial charge in [-0.3, -0.25) is 9.69 Å². The highest BCUT2D eigenvalue weighted by Crippen LogP contribution is 2.25. The molecule has 1 amide bonds. The molecule has 0 radical (unpaired) electrons. The molecular formula is C22H24Cl2N2O2. The van der Waals surface area contributed by atoms with E-state index in [2.05, 4.69) is 22.3 Å². The predicted octanol–water partition coefficient (Wildman–Crippen LogP) is 4.80. The average molecular weight is 419 g/mol. The van der Waals surface area contributed by atoms with E-state index in [1.807, 2.05) is 12.1 Å². The fraction of sp³-hybridized carbons (Fsp3) is 0.318. The standard InChI is InChI=1S/C22H24Cl2N2O2/c1-28-18-7-5-16(6-8-18)15-26-13-11-17(12-14-26)25-22(27)10-9-19-20(23)3-2-4-21(19)24/h2-10,17H,11-15H2,1H3,(H,25,27)/b10-9+. The van der Waals surface area contributed by atoms with Crippen molar-refractivity contribution in [3.05, 3.63) is 69.7 Å². The fourth-order valence-electron chi connectivity index (χ4n) is 3.30. The van der Waals surface area contributed by atoms with Gasteiger partial charge in [0.2, 0.25) is 5.91 Å². The summed E-state index contributed by atoms with van der Waals surface area (Å²) in [6, 6.07) is 13.6. The third-order valence-electron chi connectivity index (χ3n) is 4.90. The van der Waals surface area contributed by atoms with Crippen LogP contribution in [0.1, 0.15) is 24.0 Å². The molecule has 0 aromatic heterocycles. The average Bonchev–Trinajstić information content (AvgIpc) is 2.70. The number of benzene rings is 2. The summed E-state index contributed by atoms with van der Waals surface area (Å²) in [5.74, 6) is 0.751. The minimum Gasteiger partial charge on any atom is -0.497 e. The SMILES string of the molecule is COc1ccc(CN2CCC(NC(=O)/C=C/c3c(Cl)cccc3Cl)CC2)cc1. The summed E-state index contributed by atoms with van der Waals surface area (Å²) in [5.41, 5.74) is 1.93. The van der Waals surface area contributed by atoms with Gasteiger partial charge in [0.25, 0.3) is 0 Å². The van der Waals surface area contributed by atoms with E-state index in [-0.39, 0.29) is 11.9 Å². The Morgan fingerprint density at radius 1 is 1.14 bits per heavy atom. The molecular weight excluding hydrogens is 395 g/mol. The number of halogens is 2. The number of piperidine rings is 1. The van der Waals surface area contributed by atoms with Crippen molar-refractivity contribution in [2.45, 2.75) is 25.4 Å². The Morgan fingerprint density at radius 2 is 1.79 bits per heavy atom. The zero-order chi connectivity index (χ0) is 19.9. The van der Waals surface area contributed by atoms with Crippen molar-refractivity contribution in [2.24, 2.45) is 0 Å². The number of nitrogens with zero attached hydrogens (tertiary/aromatic N) is 1. The number of hydrogen-bond donors (Lipinski definition) is 1. The minimum absolute atomic E-state index is 0.121. The van der Waals surface area contributed by atoms with Gasteiger partial charge in [0, 0.05) is 47.4 Å². The molecule has 0 spiro atoms. The number of amides is 1. The van der Waals surface area contributed by atoms with Crippen molar-refractivity contribution in [1.29, 1.82) is 0 Å². The van der Waals surface area contributed by atoms with Gasteiger partial charge >= 0.3 is 0 Å². The van der Waals surface area contributed by atoms with Crippen LogP contribution in [0.3, 0.4) is 0 Å².